The molecule has 0 aliphatic rings. The molecule has 2 rings (SSSR count). The summed E-state index contributed by atoms with van der Waals surface area (Å²) in [5.41, 5.74) is 2.07. The molecule has 0 fully saturated rings. The van der Waals surface area contributed by atoms with E-state index >= 15 is 0 Å². The smallest absolute Gasteiger partial charge is 0.0965 e. The number of aliphatic hydroxyl groups excluding tert-OH is 1. The maximum Gasteiger partial charge on any atom is 0.0965 e. The van der Waals surface area contributed by atoms with E-state index in [4.69, 9.17) is 16.7 Å². The molecule has 5 nitrogen and oxygen atoms in total. The van der Waals surface area contributed by atoms with E-state index in [1.54, 1.807) is 4.68 Å². The topological polar surface area (TPSA) is 63.0 Å². The summed E-state index contributed by atoms with van der Waals surface area (Å²) in [7, 11) is 0. The first kappa shape index (κ1) is 15.0. The molecular formula is C14H19ClN4O. The Balaban J connectivity index is 1.85. The van der Waals surface area contributed by atoms with Crippen LogP contribution in [0.25, 0.3) is 0 Å². The highest BCUT2D eigenvalue weighted by Gasteiger charge is 2.06. The fraction of sp³-hybridized carbons (Fsp3) is 0.429. The summed E-state index contributed by atoms with van der Waals surface area (Å²) in [4.78, 5) is 0. The Bertz CT molecular complexity index is 526. The third kappa shape index (κ3) is 4.30. The standard InChI is InChI=1S/C14H19ClN4O/c1-11(12-3-5-13(15)6-4-12)16-9-14-10-19(18-17-14)7-2-8-20/h3-6,10-11,16,20H,2,7-9H2,1H3. The maximum atomic E-state index is 8.77. The van der Waals surface area contributed by atoms with Crippen LogP contribution in [-0.4, -0.2) is 26.7 Å². The molecule has 0 amide bonds. The lowest BCUT2D eigenvalue weighted by atomic mass is 10.1. The minimum Gasteiger partial charge on any atom is -0.396 e. The van der Waals surface area contributed by atoms with Crippen molar-refractivity contribution in [3.63, 3.8) is 0 Å². The Morgan fingerprint density at radius 1 is 1.35 bits per heavy atom. The second kappa shape index (κ2) is 7.38. The van der Waals surface area contributed by atoms with Crippen molar-refractivity contribution in [2.45, 2.75) is 32.5 Å². The van der Waals surface area contributed by atoms with Gasteiger partial charge in [0.25, 0.3) is 0 Å². The van der Waals surface area contributed by atoms with Gasteiger partial charge in [-0.2, -0.15) is 0 Å². The first-order valence-corrected chi connectivity index (χ1v) is 7.05. The van der Waals surface area contributed by atoms with Gasteiger partial charge in [-0.3, -0.25) is 4.68 Å². The normalized spacial score (nSPS) is 12.6. The Labute approximate surface area is 123 Å². The molecule has 0 saturated carbocycles. The van der Waals surface area contributed by atoms with E-state index in [1.165, 1.54) is 5.56 Å². The molecule has 1 aromatic carbocycles. The summed E-state index contributed by atoms with van der Waals surface area (Å²) >= 11 is 5.87. The zero-order valence-electron chi connectivity index (χ0n) is 11.5. The molecule has 2 aromatic rings. The van der Waals surface area contributed by atoms with Crippen LogP contribution in [0.3, 0.4) is 0 Å². The Kier molecular flexibility index (Phi) is 5.52. The Morgan fingerprint density at radius 3 is 2.80 bits per heavy atom. The lowest BCUT2D eigenvalue weighted by molar-refractivity contribution is 0.276. The summed E-state index contributed by atoms with van der Waals surface area (Å²) in [6.45, 7) is 3.61. The van der Waals surface area contributed by atoms with E-state index in [1.807, 2.05) is 30.5 Å². The molecule has 0 saturated heterocycles. The van der Waals surface area contributed by atoms with Gasteiger partial charge >= 0.3 is 0 Å². The van der Waals surface area contributed by atoms with Crippen LogP contribution in [0.5, 0.6) is 0 Å². The van der Waals surface area contributed by atoms with Crippen LogP contribution in [0, 0.1) is 0 Å². The van der Waals surface area contributed by atoms with Gasteiger partial charge in [-0.05, 0) is 31.0 Å². The van der Waals surface area contributed by atoms with Crippen LogP contribution in [-0.2, 0) is 13.1 Å². The third-order valence-electron chi connectivity index (χ3n) is 3.09. The second-order valence-electron chi connectivity index (χ2n) is 4.70. The number of nitrogens with zero attached hydrogens (tertiary/aromatic N) is 3. The zero-order valence-corrected chi connectivity index (χ0v) is 12.2. The van der Waals surface area contributed by atoms with Gasteiger partial charge in [-0.1, -0.05) is 28.9 Å². The van der Waals surface area contributed by atoms with Gasteiger partial charge in [0.15, 0.2) is 0 Å². The number of benzene rings is 1. The van der Waals surface area contributed by atoms with Gasteiger partial charge in [0.1, 0.15) is 0 Å². The molecule has 108 valence electrons. The molecule has 0 aliphatic carbocycles. The van der Waals surface area contributed by atoms with E-state index in [9.17, 15) is 0 Å². The van der Waals surface area contributed by atoms with Crippen molar-refractivity contribution in [2.75, 3.05) is 6.61 Å². The van der Waals surface area contributed by atoms with Crippen LogP contribution < -0.4 is 5.32 Å². The molecule has 0 spiro atoms. The minimum absolute atomic E-state index is 0.168. The molecule has 1 heterocycles. The van der Waals surface area contributed by atoms with Gasteiger partial charge in [-0.15, -0.1) is 5.10 Å². The highest BCUT2D eigenvalue weighted by molar-refractivity contribution is 6.30. The van der Waals surface area contributed by atoms with E-state index in [2.05, 4.69) is 22.6 Å². The van der Waals surface area contributed by atoms with Gasteiger partial charge in [0.05, 0.1) is 5.69 Å². The molecule has 2 N–H and O–H groups in total. The fourth-order valence-electron chi connectivity index (χ4n) is 1.89. The number of hydrogen-bond acceptors (Lipinski definition) is 4. The number of aromatic nitrogens is 3. The van der Waals surface area contributed by atoms with Crippen molar-refractivity contribution in [3.05, 3.63) is 46.7 Å². The fourth-order valence-corrected chi connectivity index (χ4v) is 2.01. The van der Waals surface area contributed by atoms with E-state index in [0.717, 1.165) is 10.7 Å². The highest BCUT2D eigenvalue weighted by atomic mass is 35.5. The van der Waals surface area contributed by atoms with Crippen LogP contribution in [0.4, 0.5) is 0 Å². The molecule has 6 heteroatoms. The summed E-state index contributed by atoms with van der Waals surface area (Å²) in [6, 6.07) is 8.02. The first-order chi connectivity index (χ1) is 9.69. The van der Waals surface area contributed by atoms with E-state index in [-0.39, 0.29) is 12.6 Å². The molecule has 0 aliphatic heterocycles. The number of rotatable bonds is 7. The monoisotopic (exact) mass is 294 g/mol. The molecule has 0 radical (unpaired) electrons. The molecule has 0 bridgehead atoms. The zero-order chi connectivity index (χ0) is 14.4. The van der Waals surface area contributed by atoms with Crippen molar-refractivity contribution in [2.24, 2.45) is 0 Å². The molecule has 20 heavy (non-hydrogen) atoms. The number of aliphatic hydroxyl groups is 1. The quantitative estimate of drug-likeness (QED) is 0.821. The van der Waals surface area contributed by atoms with Crippen molar-refractivity contribution in [3.8, 4) is 0 Å². The van der Waals surface area contributed by atoms with Gasteiger partial charge in [0, 0.05) is 37.0 Å². The van der Waals surface area contributed by atoms with Gasteiger partial charge in [0.2, 0.25) is 0 Å². The van der Waals surface area contributed by atoms with Crippen LogP contribution in [0.2, 0.25) is 5.02 Å². The van der Waals surface area contributed by atoms with E-state index in [0.29, 0.717) is 19.5 Å². The second-order valence-corrected chi connectivity index (χ2v) is 5.14. The predicted octanol–water partition coefficient (Wildman–Crippen LogP) is 2.16. The third-order valence-corrected chi connectivity index (χ3v) is 3.34. The highest BCUT2D eigenvalue weighted by Crippen LogP contribution is 2.16. The van der Waals surface area contributed by atoms with Crippen LogP contribution >= 0.6 is 11.6 Å². The minimum atomic E-state index is 0.168. The Hall–Kier alpha value is -1.43. The van der Waals surface area contributed by atoms with Crippen molar-refractivity contribution in [1.29, 1.82) is 0 Å². The largest absolute Gasteiger partial charge is 0.396 e. The van der Waals surface area contributed by atoms with Crippen molar-refractivity contribution >= 4 is 11.6 Å². The maximum absolute atomic E-state index is 8.77. The van der Waals surface area contributed by atoms with Crippen LogP contribution in [0.1, 0.15) is 30.6 Å². The first-order valence-electron chi connectivity index (χ1n) is 6.68. The summed E-state index contributed by atoms with van der Waals surface area (Å²) < 4.78 is 1.75. The van der Waals surface area contributed by atoms with Crippen LogP contribution in [0.15, 0.2) is 30.5 Å². The SMILES string of the molecule is CC(NCc1cn(CCCO)nn1)c1ccc(Cl)cc1. The van der Waals surface area contributed by atoms with Gasteiger partial charge < -0.3 is 10.4 Å². The molecule has 1 unspecified atom stereocenters. The lowest BCUT2D eigenvalue weighted by Crippen LogP contribution is -2.18. The van der Waals surface area contributed by atoms with Crippen molar-refractivity contribution < 1.29 is 5.11 Å². The number of hydrogen-bond donors (Lipinski definition) is 2. The average Bonchev–Trinajstić information content (AvgIpc) is 2.91. The molecule has 1 aromatic heterocycles. The summed E-state index contributed by atoms with van der Waals surface area (Å²) in [5.74, 6) is 0. The number of halogens is 1. The predicted molar refractivity (Wildman–Crippen MR) is 78.4 cm³/mol. The van der Waals surface area contributed by atoms with Crippen molar-refractivity contribution in [1.82, 2.24) is 20.3 Å². The van der Waals surface area contributed by atoms with Gasteiger partial charge in [-0.25, -0.2) is 0 Å². The lowest BCUT2D eigenvalue weighted by Gasteiger charge is -2.13. The Morgan fingerprint density at radius 2 is 2.10 bits per heavy atom. The number of aryl methyl sites for hydroxylation is 1. The van der Waals surface area contributed by atoms with E-state index < -0.39 is 0 Å². The molecular weight excluding hydrogens is 276 g/mol. The average molecular weight is 295 g/mol. The summed E-state index contributed by atoms with van der Waals surface area (Å²) in [5, 5.41) is 21.0. The summed E-state index contributed by atoms with van der Waals surface area (Å²) in [6.07, 6.45) is 2.59. The number of nitrogens with one attached hydrogen (secondary N) is 1. The molecule has 1 atom stereocenters.